The van der Waals surface area contributed by atoms with E-state index in [-0.39, 0.29) is 0 Å². The Hall–Kier alpha value is -0.960. The molecule has 1 saturated carbocycles. The molecular formula is C13H17F2N. The van der Waals surface area contributed by atoms with Gasteiger partial charge in [0.1, 0.15) is 11.6 Å². The van der Waals surface area contributed by atoms with Crippen LogP contribution in [0.3, 0.4) is 0 Å². The van der Waals surface area contributed by atoms with Gasteiger partial charge in [-0.05, 0) is 31.7 Å². The van der Waals surface area contributed by atoms with Gasteiger partial charge in [0.15, 0.2) is 0 Å². The molecule has 88 valence electrons. The van der Waals surface area contributed by atoms with Gasteiger partial charge in [-0.15, -0.1) is 0 Å². The molecule has 0 heterocycles. The average Bonchev–Trinajstić information content (AvgIpc) is 2.13. The molecule has 0 saturated heterocycles. The van der Waals surface area contributed by atoms with Gasteiger partial charge in [0.05, 0.1) is 0 Å². The quantitative estimate of drug-likeness (QED) is 0.829. The molecule has 1 aliphatic carbocycles. The summed E-state index contributed by atoms with van der Waals surface area (Å²) in [5.41, 5.74) is 0.535. The Bertz CT molecular complexity index is 361. The molecule has 2 rings (SSSR count). The largest absolute Gasteiger partial charge is 0.310 e. The maximum absolute atomic E-state index is 13.3. The van der Waals surface area contributed by atoms with E-state index in [2.05, 4.69) is 12.2 Å². The van der Waals surface area contributed by atoms with Crippen molar-refractivity contribution < 1.29 is 8.78 Å². The summed E-state index contributed by atoms with van der Waals surface area (Å²) in [5.74, 6) is -0.259. The first-order chi connectivity index (χ1) is 7.66. The minimum atomic E-state index is -0.520. The van der Waals surface area contributed by atoms with Crippen molar-refractivity contribution >= 4 is 0 Å². The minimum absolute atomic E-state index is 0.415. The summed E-state index contributed by atoms with van der Waals surface area (Å²) >= 11 is 0. The predicted octanol–water partition coefficient (Wildman–Crippen LogP) is 3.24. The van der Waals surface area contributed by atoms with E-state index in [1.165, 1.54) is 31.4 Å². The van der Waals surface area contributed by atoms with Crippen molar-refractivity contribution in [2.45, 2.75) is 38.8 Å². The number of halogens is 2. The predicted molar refractivity (Wildman–Crippen MR) is 60.0 cm³/mol. The summed E-state index contributed by atoms with van der Waals surface area (Å²) in [6.07, 6.45) is 3.84. The third kappa shape index (κ3) is 2.59. The van der Waals surface area contributed by atoms with Gasteiger partial charge in [0, 0.05) is 24.2 Å². The van der Waals surface area contributed by atoms with Crippen LogP contribution >= 0.6 is 0 Å². The number of benzene rings is 1. The Labute approximate surface area is 94.9 Å². The summed E-state index contributed by atoms with van der Waals surface area (Å²) in [4.78, 5) is 0. The fraction of sp³-hybridized carbons (Fsp3) is 0.538. The molecule has 3 heteroatoms. The topological polar surface area (TPSA) is 12.0 Å². The van der Waals surface area contributed by atoms with E-state index in [0.29, 0.717) is 18.2 Å². The second kappa shape index (κ2) is 4.91. The van der Waals surface area contributed by atoms with Gasteiger partial charge in [0.2, 0.25) is 0 Å². The molecule has 1 N–H and O–H groups in total. The van der Waals surface area contributed by atoms with Crippen LogP contribution in [0.15, 0.2) is 18.2 Å². The van der Waals surface area contributed by atoms with Gasteiger partial charge >= 0.3 is 0 Å². The fourth-order valence-corrected chi connectivity index (χ4v) is 2.04. The monoisotopic (exact) mass is 225 g/mol. The van der Waals surface area contributed by atoms with Crippen molar-refractivity contribution in [1.29, 1.82) is 0 Å². The summed E-state index contributed by atoms with van der Waals surface area (Å²) in [6.45, 7) is 2.61. The van der Waals surface area contributed by atoms with Gasteiger partial charge in [-0.3, -0.25) is 0 Å². The van der Waals surface area contributed by atoms with Crippen molar-refractivity contribution in [2.24, 2.45) is 5.92 Å². The fourth-order valence-electron chi connectivity index (χ4n) is 2.04. The number of hydrogen-bond donors (Lipinski definition) is 1. The van der Waals surface area contributed by atoms with Crippen molar-refractivity contribution in [3.63, 3.8) is 0 Å². The number of rotatable bonds is 4. The highest BCUT2D eigenvalue weighted by molar-refractivity contribution is 5.18. The van der Waals surface area contributed by atoms with Gasteiger partial charge in [-0.1, -0.05) is 12.5 Å². The Balaban J connectivity index is 1.88. The van der Waals surface area contributed by atoms with Crippen molar-refractivity contribution in [2.75, 3.05) is 0 Å². The highest BCUT2D eigenvalue weighted by Crippen LogP contribution is 2.29. The van der Waals surface area contributed by atoms with Crippen LogP contribution in [-0.4, -0.2) is 6.04 Å². The molecule has 0 radical (unpaired) electrons. The highest BCUT2D eigenvalue weighted by atomic mass is 19.1. The molecule has 0 bridgehead atoms. The molecular weight excluding hydrogens is 208 g/mol. The zero-order valence-corrected chi connectivity index (χ0v) is 9.47. The maximum Gasteiger partial charge on any atom is 0.130 e. The van der Waals surface area contributed by atoms with Crippen LogP contribution in [0, 0.1) is 17.6 Å². The van der Waals surface area contributed by atoms with Crippen LogP contribution in [0.2, 0.25) is 0 Å². The second-order valence-corrected chi connectivity index (χ2v) is 4.60. The first-order valence-electron chi connectivity index (χ1n) is 5.84. The summed E-state index contributed by atoms with van der Waals surface area (Å²) in [7, 11) is 0. The molecule has 0 spiro atoms. The molecule has 0 aliphatic heterocycles. The van der Waals surface area contributed by atoms with Gasteiger partial charge in [-0.25, -0.2) is 8.78 Å². The Morgan fingerprint density at radius 2 is 2.12 bits per heavy atom. The van der Waals surface area contributed by atoms with Crippen molar-refractivity contribution in [3.8, 4) is 0 Å². The Morgan fingerprint density at radius 3 is 2.69 bits per heavy atom. The average molecular weight is 225 g/mol. The molecule has 1 unspecified atom stereocenters. The SMILES string of the molecule is CC(NCc1ccc(F)cc1F)C1CCC1. The van der Waals surface area contributed by atoms with Crippen LogP contribution in [0.5, 0.6) is 0 Å². The molecule has 1 aliphatic rings. The van der Waals surface area contributed by atoms with E-state index in [9.17, 15) is 8.78 Å². The van der Waals surface area contributed by atoms with E-state index in [1.807, 2.05) is 0 Å². The van der Waals surface area contributed by atoms with Crippen LogP contribution < -0.4 is 5.32 Å². The molecule has 1 aromatic rings. The van der Waals surface area contributed by atoms with Crippen LogP contribution in [0.25, 0.3) is 0 Å². The molecule has 1 fully saturated rings. The molecule has 0 aromatic heterocycles. The molecule has 0 amide bonds. The molecule has 1 nitrogen and oxygen atoms in total. The molecule has 16 heavy (non-hydrogen) atoms. The van der Waals surface area contributed by atoms with Gasteiger partial charge in [-0.2, -0.15) is 0 Å². The lowest BCUT2D eigenvalue weighted by Gasteiger charge is -2.32. The highest BCUT2D eigenvalue weighted by Gasteiger charge is 2.23. The summed E-state index contributed by atoms with van der Waals surface area (Å²) in [6, 6.07) is 4.16. The lowest BCUT2D eigenvalue weighted by atomic mass is 9.80. The Morgan fingerprint density at radius 1 is 1.38 bits per heavy atom. The number of hydrogen-bond acceptors (Lipinski definition) is 1. The third-order valence-electron chi connectivity index (χ3n) is 3.49. The zero-order chi connectivity index (χ0) is 11.5. The van der Waals surface area contributed by atoms with Crippen LogP contribution in [-0.2, 0) is 6.54 Å². The summed E-state index contributed by atoms with van der Waals surface area (Å²) in [5, 5.41) is 3.30. The van der Waals surface area contributed by atoms with E-state index >= 15 is 0 Å². The van der Waals surface area contributed by atoms with Crippen molar-refractivity contribution in [3.05, 3.63) is 35.4 Å². The van der Waals surface area contributed by atoms with Crippen LogP contribution in [0.1, 0.15) is 31.7 Å². The molecule has 1 aromatic carbocycles. The lowest BCUT2D eigenvalue weighted by Crippen LogP contribution is -2.36. The second-order valence-electron chi connectivity index (χ2n) is 4.60. The standard InChI is InChI=1S/C13H17F2N/c1-9(10-3-2-4-10)16-8-11-5-6-12(14)7-13(11)15/h5-7,9-10,16H,2-4,8H2,1H3. The zero-order valence-electron chi connectivity index (χ0n) is 9.47. The van der Waals surface area contributed by atoms with E-state index < -0.39 is 11.6 Å². The first kappa shape index (κ1) is 11.5. The van der Waals surface area contributed by atoms with Gasteiger partial charge in [0.25, 0.3) is 0 Å². The smallest absolute Gasteiger partial charge is 0.130 e. The molecule has 1 atom stereocenters. The minimum Gasteiger partial charge on any atom is -0.310 e. The summed E-state index contributed by atoms with van der Waals surface area (Å²) < 4.78 is 26.0. The van der Waals surface area contributed by atoms with Crippen LogP contribution in [0.4, 0.5) is 8.78 Å². The normalized spacial score (nSPS) is 18.2. The lowest BCUT2D eigenvalue weighted by molar-refractivity contribution is 0.239. The van der Waals surface area contributed by atoms with E-state index in [0.717, 1.165) is 12.0 Å². The van der Waals surface area contributed by atoms with E-state index in [1.54, 1.807) is 0 Å². The van der Waals surface area contributed by atoms with Crippen molar-refractivity contribution in [1.82, 2.24) is 5.32 Å². The number of nitrogens with one attached hydrogen (secondary N) is 1. The first-order valence-corrected chi connectivity index (χ1v) is 5.84. The maximum atomic E-state index is 13.3. The third-order valence-corrected chi connectivity index (χ3v) is 3.49. The van der Waals surface area contributed by atoms with Gasteiger partial charge < -0.3 is 5.32 Å². The van der Waals surface area contributed by atoms with E-state index in [4.69, 9.17) is 0 Å². The Kier molecular flexibility index (Phi) is 3.54.